The standard InChI is InChI=1S/C23H16ClN3O5/c1-13(28)25-23-21(16-5-2-6-17(24)10-16)26-22(32-23)19-9-8-15(12-20(19)29)14-4-3-7-18(11-14)27(30)31/h2-12,29H,1H3,(H,25,28). The summed E-state index contributed by atoms with van der Waals surface area (Å²) >= 11 is 6.08. The fourth-order valence-corrected chi connectivity index (χ4v) is 3.39. The first-order valence-electron chi connectivity index (χ1n) is 9.44. The molecule has 1 amide bonds. The molecule has 2 N–H and O–H groups in total. The molecule has 0 aliphatic heterocycles. The minimum absolute atomic E-state index is 0.0510. The van der Waals surface area contributed by atoms with Crippen molar-refractivity contribution in [2.45, 2.75) is 6.92 Å². The van der Waals surface area contributed by atoms with Crippen molar-refractivity contribution in [3.8, 4) is 39.6 Å². The van der Waals surface area contributed by atoms with Crippen molar-refractivity contribution >= 4 is 29.1 Å². The van der Waals surface area contributed by atoms with Gasteiger partial charge in [-0.05, 0) is 35.4 Å². The van der Waals surface area contributed by atoms with Crippen LogP contribution in [-0.4, -0.2) is 20.9 Å². The van der Waals surface area contributed by atoms with Gasteiger partial charge in [-0.3, -0.25) is 20.2 Å². The maximum absolute atomic E-state index is 11.6. The highest BCUT2D eigenvalue weighted by Crippen LogP contribution is 2.38. The van der Waals surface area contributed by atoms with Crippen LogP contribution < -0.4 is 5.32 Å². The molecule has 4 rings (SSSR count). The molecule has 0 aliphatic rings. The molecular weight excluding hydrogens is 434 g/mol. The lowest BCUT2D eigenvalue weighted by Crippen LogP contribution is -2.05. The van der Waals surface area contributed by atoms with E-state index in [4.69, 9.17) is 16.0 Å². The lowest BCUT2D eigenvalue weighted by atomic mass is 10.0. The molecule has 0 fully saturated rings. The summed E-state index contributed by atoms with van der Waals surface area (Å²) in [5, 5.41) is 24.8. The van der Waals surface area contributed by atoms with Gasteiger partial charge in [-0.25, -0.2) is 4.98 Å². The van der Waals surface area contributed by atoms with Crippen LogP contribution in [0.3, 0.4) is 0 Å². The normalized spacial score (nSPS) is 10.7. The number of anilines is 1. The molecule has 0 unspecified atom stereocenters. The van der Waals surface area contributed by atoms with Gasteiger partial charge in [0.1, 0.15) is 11.4 Å². The van der Waals surface area contributed by atoms with Crippen molar-refractivity contribution in [1.82, 2.24) is 4.98 Å². The highest BCUT2D eigenvalue weighted by atomic mass is 35.5. The first kappa shape index (κ1) is 21.1. The topological polar surface area (TPSA) is 118 Å². The molecule has 1 aromatic heterocycles. The van der Waals surface area contributed by atoms with E-state index in [1.165, 1.54) is 25.1 Å². The van der Waals surface area contributed by atoms with E-state index in [9.17, 15) is 20.0 Å². The molecule has 0 aliphatic carbocycles. The second-order valence-electron chi connectivity index (χ2n) is 6.93. The number of aromatic nitrogens is 1. The molecule has 160 valence electrons. The van der Waals surface area contributed by atoms with E-state index in [1.807, 2.05) is 0 Å². The van der Waals surface area contributed by atoms with Gasteiger partial charge in [-0.1, -0.05) is 41.9 Å². The van der Waals surface area contributed by atoms with Crippen LogP contribution in [0.5, 0.6) is 5.75 Å². The third-order valence-electron chi connectivity index (χ3n) is 4.63. The van der Waals surface area contributed by atoms with E-state index in [0.717, 1.165) is 0 Å². The Morgan fingerprint density at radius 3 is 2.47 bits per heavy atom. The Labute approximate surface area is 187 Å². The number of non-ortho nitro benzene ring substituents is 1. The Hall–Kier alpha value is -4.17. The minimum Gasteiger partial charge on any atom is -0.507 e. The lowest BCUT2D eigenvalue weighted by Gasteiger charge is -2.05. The highest BCUT2D eigenvalue weighted by Gasteiger charge is 2.20. The van der Waals surface area contributed by atoms with Crippen molar-refractivity contribution in [1.29, 1.82) is 0 Å². The third kappa shape index (κ3) is 4.30. The Bertz CT molecular complexity index is 1350. The van der Waals surface area contributed by atoms with Gasteiger partial charge in [0.2, 0.25) is 17.7 Å². The Morgan fingerprint density at radius 2 is 1.78 bits per heavy atom. The monoisotopic (exact) mass is 449 g/mol. The summed E-state index contributed by atoms with van der Waals surface area (Å²) in [6.07, 6.45) is 0. The summed E-state index contributed by atoms with van der Waals surface area (Å²) in [5.41, 5.74) is 2.39. The first-order chi connectivity index (χ1) is 15.3. The fraction of sp³-hybridized carbons (Fsp3) is 0.0435. The van der Waals surface area contributed by atoms with Gasteiger partial charge in [-0.15, -0.1) is 0 Å². The number of hydrogen-bond acceptors (Lipinski definition) is 6. The number of hydrogen-bond donors (Lipinski definition) is 2. The summed E-state index contributed by atoms with van der Waals surface area (Å²) in [5.74, 6) is -0.271. The molecule has 0 saturated carbocycles. The van der Waals surface area contributed by atoms with E-state index in [2.05, 4.69) is 10.3 Å². The number of aromatic hydroxyl groups is 1. The van der Waals surface area contributed by atoms with Crippen molar-refractivity contribution in [3.63, 3.8) is 0 Å². The maximum atomic E-state index is 11.6. The molecule has 4 aromatic rings. The van der Waals surface area contributed by atoms with Crippen LogP contribution in [0.15, 0.2) is 71.1 Å². The summed E-state index contributed by atoms with van der Waals surface area (Å²) in [6, 6.07) is 17.8. The molecule has 3 aromatic carbocycles. The zero-order valence-electron chi connectivity index (χ0n) is 16.7. The molecule has 1 heterocycles. The largest absolute Gasteiger partial charge is 0.507 e. The number of rotatable bonds is 5. The number of nitro benzene ring substituents is 1. The molecule has 0 radical (unpaired) electrons. The number of carbonyl (C=O) groups is 1. The summed E-state index contributed by atoms with van der Waals surface area (Å²) < 4.78 is 5.75. The highest BCUT2D eigenvalue weighted by molar-refractivity contribution is 6.30. The van der Waals surface area contributed by atoms with E-state index >= 15 is 0 Å². The maximum Gasteiger partial charge on any atom is 0.270 e. The number of oxazole rings is 1. The number of phenolic OH excluding ortho intramolecular Hbond substituents is 1. The number of phenols is 1. The Morgan fingerprint density at radius 1 is 1.06 bits per heavy atom. The average molecular weight is 450 g/mol. The predicted molar refractivity (Wildman–Crippen MR) is 120 cm³/mol. The van der Waals surface area contributed by atoms with Crippen LogP contribution >= 0.6 is 11.6 Å². The van der Waals surface area contributed by atoms with Crippen LogP contribution in [0, 0.1) is 10.1 Å². The summed E-state index contributed by atoms with van der Waals surface area (Å²) in [4.78, 5) is 26.6. The van der Waals surface area contributed by atoms with Gasteiger partial charge in [0, 0.05) is 29.6 Å². The number of carbonyl (C=O) groups excluding carboxylic acids is 1. The van der Waals surface area contributed by atoms with Crippen LogP contribution in [0.4, 0.5) is 11.6 Å². The van der Waals surface area contributed by atoms with Crippen molar-refractivity contribution in [3.05, 3.63) is 81.9 Å². The zero-order valence-corrected chi connectivity index (χ0v) is 17.5. The van der Waals surface area contributed by atoms with E-state index in [0.29, 0.717) is 33.0 Å². The Balaban J connectivity index is 1.76. The van der Waals surface area contributed by atoms with Gasteiger partial charge < -0.3 is 9.52 Å². The number of amides is 1. The van der Waals surface area contributed by atoms with E-state index in [-0.39, 0.29) is 29.1 Å². The molecule has 0 bridgehead atoms. The lowest BCUT2D eigenvalue weighted by molar-refractivity contribution is -0.384. The average Bonchev–Trinajstić information content (AvgIpc) is 3.16. The molecule has 8 nitrogen and oxygen atoms in total. The fourth-order valence-electron chi connectivity index (χ4n) is 3.20. The van der Waals surface area contributed by atoms with Gasteiger partial charge in [0.15, 0.2) is 0 Å². The van der Waals surface area contributed by atoms with Crippen molar-refractivity contribution in [2.24, 2.45) is 0 Å². The zero-order chi connectivity index (χ0) is 22.8. The third-order valence-corrected chi connectivity index (χ3v) is 4.87. The molecule has 0 saturated heterocycles. The van der Waals surface area contributed by atoms with Crippen LogP contribution in [0.2, 0.25) is 5.02 Å². The minimum atomic E-state index is -0.481. The van der Waals surface area contributed by atoms with Crippen LogP contribution in [0.25, 0.3) is 33.8 Å². The molecular formula is C23H16ClN3O5. The van der Waals surface area contributed by atoms with E-state index < -0.39 is 4.92 Å². The van der Waals surface area contributed by atoms with Crippen molar-refractivity contribution < 1.29 is 19.2 Å². The number of nitrogens with zero attached hydrogens (tertiary/aromatic N) is 2. The second kappa shape index (κ2) is 8.52. The van der Waals surface area contributed by atoms with E-state index in [1.54, 1.807) is 48.5 Å². The second-order valence-corrected chi connectivity index (χ2v) is 7.36. The van der Waals surface area contributed by atoms with Gasteiger partial charge in [-0.2, -0.15) is 0 Å². The SMILES string of the molecule is CC(=O)Nc1oc(-c2ccc(-c3cccc([N+](=O)[O-])c3)cc2O)nc1-c1cccc(Cl)c1. The van der Waals surface area contributed by atoms with Crippen LogP contribution in [0.1, 0.15) is 6.92 Å². The summed E-state index contributed by atoms with van der Waals surface area (Å²) in [6.45, 7) is 1.34. The first-order valence-corrected chi connectivity index (χ1v) is 9.82. The molecule has 32 heavy (non-hydrogen) atoms. The number of nitro groups is 1. The van der Waals surface area contributed by atoms with Gasteiger partial charge >= 0.3 is 0 Å². The Kier molecular flexibility index (Phi) is 5.61. The predicted octanol–water partition coefficient (Wildman–Crippen LogP) is 5.90. The van der Waals surface area contributed by atoms with Crippen molar-refractivity contribution in [2.75, 3.05) is 5.32 Å². The smallest absolute Gasteiger partial charge is 0.270 e. The summed E-state index contributed by atoms with van der Waals surface area (Å²) in [7, 11) is 0. The van der Waals surface area contributed by atoms with Gasteiger partial charge in [0.25, 0.3) is 5.69 Å². The molecule has 9 heteroatoms. The van der Waals surface area contributed by atoms with Crippen LogP contribution in [-0.2, 0) is 4.79 Å². The number of benzene rings is 3. The molecule has 0 spiro atoms. The van der Waals surface area contributed by atoms with Gasteiger partial charge in [0.05, 0.1) is 10.5 Å². The number of halogens is 1. The number of nitrogens with one attached hydrogen (secondary N) is 1. The molecule has 0 atom stereocenters. The quantitative estimate of drug-likeness (QED) is 0.289.